The van der Waals surface area contributed by atoms with Crippen LogP contribution in [0.5, 0.6) is 0 Å². The maximum Gasteiger partial charge on any atom is 0.329 e. The zero-order valence-corrected chi connectivity index (χ0v) is 12.3. The normalized spacial score (nSPS) is 15.8. The number of hydrogen-bond donors (Lipinski definition) is 1. The monoisotopic (exact) mass is 278 g/mol. The van der Waals surface area contributed by atoms with Gasteiger partial charge >= 0.3 is 5.97 Å². The summed E-state index contributed by atoms with van der Waals surface area (Å²) in [6.07, 6.45) is 5.28. The summed E-state index contributed by atoms with van der Waals surface area (Å²) in [4.78, 5) is 25.5. The van der Waals surface area contributed by atoms with Crippen molar-refractivity contribution in [2.24, 2.45) is 0 Å². The van der Waals surface area contributed by atoms with E-state index in [2.05, 4.69) is 0 Å². The Morgan fingerprint density at radius 2 is 2.10 bits per heavy atom. The fourth-order valence-electron chi connectivity index (χ4n) is 2.60. The molecule has 1 aromatic heterocycles. The minimum Gasteiger partial charge on any atom is -0.480 e. The number of nitrogens with zero attached hydrogens (tertiary/aromatic N) is 2. The van der Waals surface area contributed by atoms with Crippen molar-refractivity contribution in [3.05, 3.63) is 24.0 Å². The van der Waals surface area contributed by atoms with Crippen molar-refractivity contribution >= 4 is 11.9 Å². The van der Waals surface area contributed by atoms with E-state index in [-0.39, 0.29) is 5.91 Å². The third-order valence-electron chi connectivity index (χ3n) is 4.23. The summed E-state index contributed by atoms with van der Waals surface area (Å²) < 4.78 is 1.99. The van der Waals surface area contributed by atoms with E-state index in [1.165, 1.54) is 11.3 Å². The number of aromatic nitrogens is 1. The SMILES string of the molecule is CCN(C(=O)c1cccn1C1CCC1)C(C)(C)C(=O)O. The van der Waals surface area contributed by atoms with E-state index in [0.717, 1.165) is 12.8 Å². The first-order valence-electron chi connectivity index (χ1n) is 7.11. The van der Waals surface area contributed by atoms with Gasteiger partial charge in [0.2, 0.25) is 0 Å². The molecule has 1 aliphatic carbocycles. The summed E-state index contributed by atoms with van der Waals surface area (Å²) in [6.45, 7) is 5.30. The molecule has 0 atom stereocenters. The third kappa shape index (κ3) is 2.32. The molecule has 1 heterocycles. The first-order valence-corrected chi connectivity index (χ1v) is 7.11. The first kappa shape index (κ1) is 14.6. The quantitative estimate of drug-likeness (QED) is 0.900. The van der Waals surface area contributed by atoms with Crippen LogP contribution in [-0.2, 0) is 4.79 Å². The molecule has 1 aromatic rings. The van der Waals surface area contributed by atoms with Gasteiger partial charge in [-0.25, -0.2) is 4.79 Å². The van der Waals surface area contributed by atoms with Gasteiger partial charge in [-0.3, -0.25) is 4.79 Å². The summed E-state index contributed by atoms with van der Waals surface area (Å²) >= 11 is 0. The highest BCUT2D eigenvalue weighted by molar-refractivity contribution is 5.96. The summed E-state index contributed by atoms with van der Waals surface area (Å²) in [5.74, 6) is -1.20. The molecule has 1 amide bonds. The minimum atomic E-state index is -1.21. The minimum absolute atomic E-state index is 0.211. The van der Waals surface area contributed by atoms with Crippen LogP contribution in [0, 0.1) is 0 Å². The van der Waals surface area contributed by atoms with Crippen molar-refractivity contribution in [2.75, 3.05) is 6.54 Å². The molecule has 1 N–H and O–H groups in total. The first-order chi connectivity index (χ1) is 9.39. The van der Waals surface area contributed by atoms with Crippen LogP contribution in [0.3, 0.4) is 0 Å². The van der Waals surface area contributed by atoms with Gasteiger partial charge < -0.3 is 14.6 Å². The summed E-state index contributed by atoms with van der Waals surface area (Å²) in [5, 5.41) is 9.32. The van der Waals surface area contributed by atoms with Gasteiger partial charge in [0.05, 0.1) is 0 Å². The largest absolute Gasteiger partial charge is 0.480 e. The lowest BCUT2D eigenvalue weighted by molar-refractivity contribution is -0.147. The lowest BCUT2D eigenvalue weighted by Gasteiger charge is -2.36. The predicted octanol–water partition coefficient (Wildman–Crippen LogP) is 2.54. The number of carbonyl (C=O) groups excluding carboxylic acids is 1. The van der Waals surface area contributed by atoms with Gasteiger partial charge in [0.1, 0.15) is 11.2 Å². The number of hydrogen-bond acceptors (Lipinski definition) is 2. The van der Waals surface area contributed by atoms with Crippen LogP contribution >= 0.6 is 0 Å². The zero-order chi connectivity index (χ0) is 14.9. The molecule has 5 heteroatoms. The van der Waals surface area contributed by atoms with Crippen LogP contribution in [0.25, 0.3) is 0 Å². The van der Waals surface area contributed by atoms with E-state index in [4.69, 9.17) is 0 Å². The number of aliphatic carboxylic acids is 1. The third-order valence-corrected chi connectivity index (χ3v) is 4.23. The van der Waals surface area contributed by atoms with Crippen molar-refractivity contribution in [3.8, 4) is 0 Å². The van der Waals surface area contributed by atoms with Crippen LogP contribution < -0.4 is 0 Å². The summed E-state index contributed by atoms with van der Waals surface area (Å²) in [6, 6.07) is 4.02. The van der Waals surface area contributed by atoms with Crippen LogP contribution in [0.1, 0.15) is 56.6 Å². The molecule has 0 spiro atoms. The standard InChI is InChI=1S/C15H22N2O3/c1-4-17(15(2,3)14(19)20)13(18)12-9-6-10-16(12)11-7-5-8-11/h6,9-11H,4-5,7-8H2,1-3H3,(H,19,20). The average molecular weight is 278 g/mol. The van der Waals surface area contributed by atoms with Crippen LogP contribution in [0.15, 0.2) is 18.3 Å². The molecular formula is C15H22N2O3. The number of likely N-dealkylation sites (N-methyl/N-ethyl adjacent to an activating group) is 1. The Balaban J connectivity index is 2.29. The fourth-order valence-corrected chi connectivity index (χ4v) is 2.60. The highest BCUT2D eigenvalue weighted by Gasteiger charge is 2.38. The van der Waals surface area contributed by atoms with E-state index in [1.807, 2.05) is 16.8 Å². The molecule has 0 aromatic carbocycles. The highest BCUT2D eigenvalue weighted by atomic mass is 16.4. The highest BCUT2D eigenvalue weighted by Crippen LogP contribution is 2.33. The van der Waals surface area contributed by atoms with Gasteiger partial charge in [0, 0.05) is 18.8 Å². The number of carboxylic acid groups (broad SMARTS) is 1. The fraction of sp³-hybridized carbons (Fsp3) is 0.600. The van der Waals surface area contributed by atoms with Crippen LogP contribution in [0.2, 0.25) is 0 Å². The van der Waals surface area contributed by atoms with E-state index >= 15 is 0 Å². The van der Waals surface area contributed by atoms with Crippen molar-refractivity contribution in [3.63, 3.8) is 0 Å². The molecule has 110 valence electrons. The van der Waals surface area contributed by atoms with Crippen molar-refractivity contribution < 1.29 is 14.7 Å². The maximum absolute atomic E-state index is 12.7. The summed E-state index contributed by atoms with van der Waals surface area (Å²) in [7, 11) is 0. The Bertz CT molecular complexity index is 515. The second-order valence-corrected chi connectivity index (χ2v) is 5.80. The molecule has 5 nitrogen and oxygen atoms in total. The lowest BCUT2D eigenvalue weighted by Crippen LogP contribution is -2.53. The second-order valence-electron chi connectivity index (χ2n) is 5.80. The maximum atomic E-state index is 12.7. The molecule has 0 bridgehead atoms. The topological polar surface area (TPSA) is 62.5 Å². The van der Waals surface area contributed by atoms with Crippen LogP contribution in [0.4, 0.5) is 0 Å². The Kier molecular flexibility index (Phi) is 3.88. The Morgan fingerprint density at radius 1 is 1.45 bits per heavy atom. The van der Waals surface area contributed by atoms with Crippen LogP contribution in [-0.4, -0.2) is 38.5 Å². The van der Waals surface area contributed by atoms with E-state index < -0.39 is 11.5 Å². The van der Waals surface area contributed by atoms with Gasteiger partial charge in [-0.15, -0.1) is 0 Å². The Labute approximate surface area is 119 Å². The van der Waals surface area contributed by atoms with Crippen molar-refractivity contribution in [2.45, 2.75) is 51.6 Å². The van der Waals surface area contributed by atoms with Crippen molar-refractivity contribution in [1.29, 1.82) is 0 Å². The van der Waals surface area contributed by atoms with Crippen molar-refractivity contribution in [1.82, 2.24) is 9.47 Å². The zero-order valence-electron chi connectivity index (χ0n) is 12.3. The van der Waals surface area contributed by atoms with Gasteiger partial charge in [-0.05, 0) is 52.2 Å². The molecule has 1 saturated carbocycles. The molecule has 1 fully saturated rings. The molecule has 0 unspecified atom stereocenters. The molecule has 0 radical (unpaired) electrons. The number of rotatable bonds is 5. The molecule has 20 heavy (non-hydrogen) atoms. The number of carbonyl (C=O) groups is 2. The van der Waals surface area contributed by atoms with E-state index in [9.17, 15) is 14.7 Å². The molecule has 0 saturated heterocycles. The molecular weight excluding hydrogens is 256 g/mol. The second kappa shape index (κ2) is 5.31. The molecule has 2 rings (SSSR count). The smallest absolute Gasteiger partial charge is 0.329 e. The number of amides is 1. The van der Waals surface area contributed by atoms with Gasteiger partial charge in [0.15, 0.2) is 0 Å². The average Bonchev–Trinajstić information content (AvgIpc) is 2.75. The van der Waals surface area contributed by atoms with Gasteiger partial charge in [-0.1, -0.05) is 0 Å². The lowest BCUT2D eigenvalue weighted by atomic mass is 9.92. The summed E-state index contributed by atoms with van der Waals surface area (Å²) in [5.41, 5.74) is -0.619. The van der Waals surface area contributed by atoms with Gasteiger partial charge in [0.25, 0.3) is 5.91 Å². The molecule has 0 aliphatic heterocycles. The Hall–Kier alpha value is -1.78. The van der Waals surface area contributed by atoms with E-state index in [0.29, 0.717) is 18.3 Å². The van der Waals surface area contributed by atoms with E-state index in [1.54, 1.807) is 26.8 Å². The predicted molar refractivity (Wildman–Crippen MR) is 75.7 cm³/mol. The molecule has 1 aliphatic rings. The van der Waals surface area contributed by atoms with Gasteiger partial charge in [-0.2, -0.15) is 0 Å². The Morgan fingerprint density at radius 3 is 2.55 bits per heavy atom. The number of carboxylic acids is 1.